The summed E-state index contributed by atoms with van der Waals surface area (Å²) >= 11 is 0. The molecule has 1 aromatic heterocycles. The van der Waals surface area contributed by atoms with Crippen LogP contribution in [-0.4, -0.2) is 54.2 Å². The molecule has 7 heteroatoms. The SMILES string of the molecule is O=C1[C@H]2C[C@H](CCN2S(=O)(=O)c2cccnc2)CN1CC1CC1. The first kappa shape index (κ1) is 15.1. The fourth-order valence-electron chi connectivity index (χ4n) is 3.72. The van der Waals surface area contributed by atoms with Crippen LogP contribution in [0.25, 0.3) is 0 Å². The third-order valence-corrected chi connectivity index (χ3v) is 7.05. The Morgan fingerprint density at radius 2 is 2.09 bits per heavy atom. The average Bonchev–Trinajstić information content (AvgIpc) is 3.37. The van der Waals surface area contributed by atoms with Crippen molar-refractivity contribution in [3.8, 4) is 0 Å². The first-order chi connectivity index (χ1) is 11.1. The number of fused-ring (bicyclic) bond motifs is 2. The van der Waals surface area contributed by atoms with Crippen LogP contribution in [0.3, 0.4) is 0 Å². The highest BCUT2D eigenvalue weighted by molar-refractivity contribution is 7.89. The number of likely N-dealkylation sites (tertiary alicyclic amines) is 1. The monoisotopic (exact) mass is 335 g/mol. The summed E-state index contributed by atoms with van der Waals surface area (Å²) in [5.41, 5.74) is 0. The Kier molecular flexibility index (Phi) is 3.65. The van der Waals surface area contributed by atoms with Crippen molar-refractivity contribution in [1.82, 2.24) is 14.2 Å². The lowest BCUT2D eigenvalue weighted by Gasteiger charge is -2.45. The first-order valence-electron chi connectivity index (χ1n) is 8.26. The number of nitrogens with zero attached hydrogens (tertiary/aromatic N) is 3. The van der Waals surface area contributed by atoms with Crippen molar-refractivity contribution in [3.63, 3.8) is 0 Å². The lowest BCUT2D eigenvalue weighted by Crippen LogP contribution is -2.60. The molecule has 3 heterocycles. The molecule has 2 bridgehead atoms. The summed E-state index contributed by atoms with van der Waals surface area (Å²) in [6.45, 7) is 2.02. The molecular weight excluding hydrogens is 314 g/mol. The van der Waals surface area contributed by atoms with E-state index >= 15 is 0 Å². The van der Waals surface area contributed by atoms with Gasteiger partial charge in [-0.3, -0.25) is 9.78 Å². The largest absolute Gasteiger partial charge is 0.341 e. The van der Waals surface area contributed by atoms with Gasteiger partial charge in [0.25, 0.3) is 0 Å². The number of rotatable bonds is 4. The highest BCUT2D eigenvalue weighted by atomic mass is 32.2. The summed E-state index contributed by atoms with van der Waals surface area (Å²) in [4.78, 5) is 18.8. The van der Waals surface area contributed by atoms with Crippen LogP contribution in [0.2, 0.25) is 0 Å². The van der Waals surface area contributed by atoms with E-state index in [2.05, 4.69) is 4.98 Å². The van der Waals surface area contributed by atoms with Gasteiger partial charge in [-0.1, -0.05) is 0 Å². The molecule has 3 fully saturated rings. The molecule has 0 radical (unpaired) electrons. The van der Waals surface area contributed by atoms with Crippen LogP contribution >= 0.6 is 0 Å². The second-order valence-corrected chi connectivity index (χ2v) is 8.79. The van der Waals surface area contributed by atoms with Gasteiger partial charge in [0.05, 0.1) is 0 Å². The van der Waals surface area contributed by atoms with Gasteiger partial charge in [-0.15, -0.1) is 0 Å². The number of sulfonamides is 1. The topological polar surface area (TPSA) is 70.6 Å². The number of pyridine rings is 1. The molecule has 1 aromatic rings. The van der Waals surface area contributed by atoms with Gasteiger partial charge < -0.3 is 4.90 Å². The first-order valence-corrected chi connectivity index (χ1v) is 9.70. The lowest BCUT2D eigenvalue weighted by molar-refractivity contribution is -0.142. The Morgan fingerprint density at radius 1 is 1.26 bits per heavy atom. The molecule has 0 N–H and O–H groups in total. The fourth-order valence-corrected chi connectivity index (χ4v) is 5.29. The van der Waals surface area contributed by atoms with Crippen molar-refractivity contribution in [2.75, 3.05) is 19.6 Å². The van der Waals surface area contributed by atoms with E-state index in [0.717, 1.165) is 19.5 Å². The van der Waals surface area contributed by atoms with Crippen LogP contribution < -0.4 is 0 Å². The minimum absolute atomic E-state index is 0.0136. The van der Waals surface area contributed by atoms with E-state index in [4.69, 9.17) is 0 Å². The molecule has 0 aromatic carbocycles. The van der Waals surface area contributed by atoms with Gasteiger partial charge in [0.1, 0.15) is 10.9 Å². The van der Waals surface area contributed by atoms with Gasteiger partial charge in [-0.25, -0.2) is 8.42 Å². The zero-order valence-electron chi connectivity index (χ0n) is 13.0. The Hall–Kier alpha value is -1.47. The maximum atomic E-state index is 12.9. The van der Waals surface area contributed by atoms with Gasteiger partial charge in [0, 0.05) is 32.0 Å². The molecule has 1 saturated carbocycles. The highest BCUT2D eigenvalue weighted by Crippen LogP contribution is 2.36. The van der Waals surface area contributed by atoms with Crippen LogP contribution in [0.15, 0.2) is 29.4 Å². The summed E-state index contributed by atoms with van der Waals surface area (Å²) < 4.78 is 27.2. The van der Waals surface area contributed by atoms with Crippen molar-refractivity contribution in [3.05, 3.63) is 24.5 Å². The van der Waals surface area contributed by atoms with E-state index in [1.807, 2.05) is 4.90 Å². The predicted octanol–water partition coefficient (Wildman–Crippen LogP) is 1.10. The van der Waals surface area contributed by atoms with E-state index in [-0.39, 0.29) is 10.8 Å². The molecule has 1 amide bonds. The molecule has 0 spiro atoms. The van der Waals surface area contributed by atoms with Crippen molar-refractivity contribution in [2.45, 2.75) is 36.6 Å². The summed E-state index contributed by atoms with van der Waals surface area (Å²) in [6, 6.07) is 2.62. The number of carbonyl (C=O) groups excluding carboxylic acids is 1. The lowest BCUT2D eigenvalue weighted by atomic mass is 9.87. The molecular formula is C16H21N3O3S. The van der Waals surface area contributed by atoms with Gasteiger partial charge >= 0.3 is 0 Å². The van der Waals surface area contributed by atoms with E-state index < -0.39 is 16.1 Å². The summed E-state index contributed by atoms with van der Waals surface area (Å²) in [7, 11) is -3.66. The Balaban J connectivity index is 1.61. The number of carbonyl (C=O) groups is 1. The standard InChI is InChI=1S/C16H21N3O3S/c20-16-15-8-13(11-18(16)10-12-3-4-12)5-7-19(15)23(21,22)14-2-1-6-17-9-14/h1-2,6,9,12-13,15H,3-5,7-8,10-11H2/t13-,15+/m0/s1. The molecule has 124 valence electrons. The predicted molar refractivity (Wildman–Crippen MR) is 83.9 cm³/mol. The maximum Gasteiger partial charge on any atom is 0.245 e. The molecule has 2 atom stereocenters. The van der Waals surface area contributed by atoms with Gasteiger partial charge in [-0.2, -0.15) is 4.31 Å². The molecule has 1 aliphatic carbocycles. The van der Waals surface area contributed by atoms with Crippen LogP contribution in [0.1, 0.15) is 25.7 Å². The summed E-state index contributed by atoms with van der Waals surface area (Å²) in [5, 5.41) is 0. The molecule has 23 heavy (non-hydrogen) atoms. The van der Waals surface area contributed by atoms with Crippen LogP contribution in [0, 0.1) is 11.8 Å². The second-order valence-electron chi connectivity index (χ2n) is 6.90. The van der Waals surface area contributed by atoms with Crippen molar-refractivity contribution in [1.29, 1.82) is 0 Å². The van der Waals surface area contributed by atoms with Crippen molar-refractivity contribution < 1.29 is 13.2 Å². The van der Waals surface area contributed by atoms with Gasteiger partial charge in [-0.05, 0) is 49.7 Å². The smallest absolute Gasteiger partial charge is 0.245 e. The fraction of sp³-hybridized carbons (Fsp3) is 0.625. The Bertz CT molecular complexity index is 703. The minimum atomic E-state index is -3.66. The van der Waals surface area contributed by atoms with Crippen LogP contribution in [0.4, 0.5) is 0 Å². The van der Waals surface area contributed by atoms with E-state index in [1.54, 1.807) is 18.3 Å². The van der Waals surface area contributed by atoms with Gasteiger partial charge in [0.15, 0.2) is 0 Å². The van der Waals surface area contributed by atoms with Crippen molar-refractivity contribution in [2.24, 2.45) is 11.8 Å². The third-order valence-electron chi connectivity index (χ3n) is 5.15. The highest BCUT2D eigenvalue weighted by Gasteiger charge is 2.46. The second kappa shape index (κ2) is 5.56. The normalized spacial score (nSPS) is 28.9. The minimum Gasteiger partial charge on any atom is -0.341 e. The number of piperidine rings is 2. The number of hydrogen-bond acceptors (Lipinski definition) is 4. The van der Waals surface area contributed by atoms with Crippen molar-refractivity contribution >= 4 is 15.9 Å². The maximum absolute atomic E-state index is 12.9. The van der Waals surface area contributed by atoms with Crippen LogP contribution in [0.5, 0.6) is 0 Å². The molecule has 2 aliphatic heterocycles. The zero-order chi connectivity index (χ0) is 16.0. The summed E-state index contributed by atoms with van der Waals surface area (Å²) in [6.07, 6.45) is 6.77. The zero-order valence-corrected chi connectivity index (χ0v) is 13.8. The molecule has 2 saturated heterocycles. The van der Waals surface area contributed by atoms with E-state index in [1.165, 1.54) is 23.3 Å². The Morgan fingerprint density at radius 3 is 2.78 bits per heavy atom. The van der Waals surface area contributed by atoms with E-state index in [9.17, 15) is 13.2 Å². The van der Waals surface area contributed by atoms with E-state index in [0.29, 0.717) is 24.8 Å². The summed E-state index contributed by atoms with van der Waals surface area (Å²) in [5.74, 6) is 1.04. The number of amides is 1. The number of hydrogen-bond donors (Lipinski definition) is 0. The molecule has 0 unspecified atom stereocenters. The number of aromatic nitrogens is 1. The Labute approximate surface area is 136 Å². The van der Waals surface area contributed by atoms with Gasteiger partial charge in [0.2, 0.25) is 15.9 Å². The average molecular weight is 335 g/mol. The molecule has 3 aliphatic rings. The molecule has 4 rings (SSSR count). The molecule has 6 nitrogen and oxygen atoms in total. The third kappa shape index (κ3) is 2.76. The van der Waals surface area contributed by atoms with Crippen LogP contribution in [-0.2, 0) is 14.8 Å². The quantitative estimate of drug-likeness (QED) is 0.826.